The van der Waals surface area contributed by atoms with E-state index in [0.717, 1.165) is 23.9 Å². The highest BCUT2D eigenvalue weighted by Gasteiger charge is 2.32. The Balaban J connectivity index is 1.90. The summed E-state index contributed by atoms with van der Waals surface area (Å²) < 4.78 is 0. The summed E-state index contributed by atoms with van der Waals surface area (Å²) in [5, 5.41) is 3.83. The third kappa shape index (κ3) is 4.19. The summed E-state index contributed by atoms with van der Waals surface area (Å²) in [6, 6.07) is 1.62. The summed E-state index contributed by atoms with van der Waals surface area (Å²) in [4.78, 5) is 2.75. The Morgan fingerprint density at radius 2 is 2.00 bits per heavy atom. The summed E-state index contributed by atoms with van der Waals surface area (Å²) in [6.45, 7) is 11.0. The minimum absolute atomic E-state index is 0.788. The topological polar surface area (TPSA) is 15.3 Å². The van der Waals surface area contributed by atoms with Crippen molar-refractivity contribution in [1.82, 2.24) is 10.2 Å². The van der Waals surface area contributed by atoms with Gasteiger partial charge in [0.25, 0.3) is 0 Å². The van der Waals surface area contributed by atoms with E-state index in [4.69, 9.17) is 0 Å². The Bertz CT molecular complexity index is 254. The van der Waals surface area contributed by atoms with E-state index >= 15 is 0 Å². The molecule has 2 aliphatic rings. The lowest BCUT2D eigenvalue weighted by atomic mass is 9.76. The SMILES string of the molecule is CCCNC1CCC(CC)CC1CN1CCCC1C. The smallest absolute Gasteiger partial charge is 0.0108 e. The molecule has 0 aromatic carbocycles. The van der Waals surface area contributed by atoms with Crippen LogP contribution in [-0.4, -0.2) is 36.6 Å². The van der Waals surface area contributed by atoms with Crippen LogP contribution in [0.15, 0.2) is 0 Å². The largest absolute Gasteiger partial charge is 0.314 e. The monoisotopic (exact) mass is 266 g/mol. The van der Waals surface area contributed by atoms with Gasteiger partial charge in [0.05, 0.1) is 0 Å². The average Bonchev–Trinajstić information content (AvgIpc) is 2.83. The molecule has 0 amide bonds. The second-order valence-corrected chi connectivity index (χ2v) is 6.89. The highest BCUT2D eigenvalue weighted by molar-refractivity contribution is 4.88. The van der Waals surface area contributed by atoms with Gasteiger partial charge >= 0.3 is 0 Å². The van der Waals surface area contributed by atoms with E-state index in [1.807, 2.05) is 0 Å². The van der Waals surface area contributed by atoms with Gasteiger partial charge in [0.2, 0.25) is 0 Å². The van der Waals surface area contributed by atoms with Crippen LogP contribution in [0.3, 0.4) is 0 Å². The number of hydrogen-bond donors (Lipinski definition) is 1. The second kappa shape index (κ2) is 7.64. The molecule has 0 spiro atoms. The summed E-state index contributed by atoms with van der Waals surface area (Å²) in [6.07, 6.45) is 9.79. The van der Waals surface area contributed by atoms with Crippen LogP contribution in [0, 0.1) is 11.8 Å². The Labute approximate surface area is 120 Å². The minimum Gasteiger partial charge on any atom is -0.314 e. The minimum atomic E-state index is 0.788. The first-order valence-electron chi connectivity index (χ1n) is 8.72. The molecule has 2 heteroatoms. The van der Waals surface area contributed by atoms with E-state index in [0.29, 0.717) is 0 Å². The molecule has 0 aromatic rings. The number of nitrogens with one attached hydrogen (secondary N) is 1. The van der Waals surface area contributed by atoms with Crippen LogP contribution in [0.25, 0.3) is 0 Å². The first-order chi connectivity index (χ1) is 9.24. The van der Waals surface area contributed by atoms with E-state index < -0.39 is 0 Å². The summed E-state index contributed by atoms with van der Waals surface area (Å²) in [5.41, 5.74) is 0. The molecule has 1 N–H and O–H groups in total. The van der Waals surface area contributed by atoms with E-state index in [2.05, 4.69) is 31.0 Å². The highest BCUT2D eigenvalue weighted by Crippen LogP contribution is 2.33. The fraction of sp³-hybridized carbons (Fsp3) is 1.00. The molecule has 1 heterocycles. The van der Waals surface area contributed by atoms with Gasteiger partial charge in [-0.15, -0.1) is 0 Å². The van der Waals surface area contributed by atoms with Gasteiger partial charge in [0, 0.05) is 18.6 Å². The third-order valence-electron chi connectivity index (χ3n) is 5.48. The fourth-order valence-corrected chi connectivity index (χ4v) is 4.10. The molecule has 2 nitrogen and oxygen atoms in total. The average molecular weight is 266 g/mol. The lowest BCUT2D eigenvalue weighted by molar-refractivity contribution is 0.134. The Kier molecular flexibility index (Phi) is 6.15. The molecule has 4 atom stereocenters. The number of likely N-dealkylation sites (tertiary alicyclic amines) is 1. The third-order valence-corrected chi connectivity index (χ3v) is 5.48. The zero-order chi connectivity index (χ0) is 13.7. The van der Waals surface area contributed by atoms with Crippen molar-refractivity contribution in [1.29, 1.82) is 0 Å². The Morgan fingerprint density at radius 3 is 2.63 bits per heavy atom. The van der Waals surface area contributed by atoms with Gasteiger partial charge in [-0.2, -0.15) is 0 Å². The highest BCUT2D eigenvalue weighted by atomic mass is 15.2. The predicted octanol–water partition coefficient (Wildman–Crippen LogP) is 3.67. The number of nitrogens with zero attached hydrogens (tertiary/aromatic N) is 1. The number of hydrogen-bond acceptors (Lipinski definition) is 2. The summed E-state index contributed by atoms with van der Waals surface area (Å²) in [5.74, 6) is 1.88. The maximum Gasteiger partial charge on any atom is 0.0108 e. The van der Waals surface area contributed by atoms with Gasteiger partial charge in [0.1, 0.15) is 0 Å². The lowest BCUT2D eigenvalue weighted by Gasteiger charge is -2.39. The molecule has 4 unspecified atom stereocenters. The van der Waals surface area contributed by atoms with Crippen molar-refractivity contribution in [2.24, 2.45) is 11.8 Å². The van der Waals surface area contributed by atoms with E-state index in [9.17, 15) is 0 Å². The van der Waals surface area contributed by atoms with Gasteiger partial charge in [-0.25, -0.2) is 0 Å². The maximum atomic E-state index is 3.83. The van der Waals surface area contributed by atoms with Crippen molar-refractivity contribution in [3.63, 3.8) is 0 Å². The molecule has 1 aliphatic heterocycles. The van der Waals surface area contributed by atoms with Gasteiger partial charge in [-0.05, 0) is 70.4 Å². The Morgan fingerprint density at radius 1 is 1.16 bits per heavy atom. The van der Waals surface area contributed by atoms with Gasteiger partial charge in [0.15, 0.2) is 0 Å². The standard InChI is InChI=1S/C17H34N2/c1-4-10-18-17-9-8-15(5-2)12-16(17)13-19-11-6-7-14(19)3/h14-18H,4-13H2,1-3H3. The van der Waals surface area contributed by atoms with Gasteiger partial charge in [-0.1, -0.05) is 20.3 Å². The predicted molar refractivity (Wildman–Crippen MR) is 83.5 cm³/mol. The number of rotatable bonds is 6. The molecule has 1 aliphatic carbocycles. The quantitative estimate of drug-likeness (QED) is 0.789. The molecule has 1 saturated carbocycles. The molecule has 0 bridgehead atoms. The molecule has 0 radical (unpaired) electrons. The maximum absolute atomic E-state index is 3.83. The van der Waals surface area contributed by atoms with Crippen molar-refractivity contribution in [2.45, 2.75) is 77.8 Å². The van der Waals surface area contributed by atoms with Crippen LogP contribution >= 0.6 is 0 Å². The fourth-order valence-electron chi connectivity index (χ4n) is 4.10. The molecular formula is C17H34N2. The van der Waals surface area contributed by atoms with E-state index in [1.165, 1.54) is 64.6 Å². The van der Waals surface area contributed by atoms with Gasteiger partial charge in [-0.3, -0.25) is 0 Å². The molecule has 0 aromatic heterocycles. The van der Waals surface area contributed by atoms with Crippen LogP contribution in [0.5, 0.6) is 0 Å². The van der Waals surface area contributed by atoms with Crippen molar-refractivity contribution in [3.05, 3.63) is 0 Å². The van der Waals surface area contributed by atoms with Gasteiger partial charge < -0.3 is 10.2 Å². The van der Waals surface area contributed by atoms with E-state index in [-0.39, 0.29) is 0 Å². The van der Waals surface area contributed by atoms with Crippen LogP contribution in [0.2, 0.25) is 0 Å². The van der Waals surface area contributed by atoms with E-state index in [1.54, 1.807) is 0 Å². The first-order valence-corrected chi connectivity index (χ1v) is 8.72. The van der Waals surface area contributed by atoms with Crippen LogP contribution in [-0.2, 0) is 0 Å². The van der Waals surface area contributed by atoms with Crippen molar-refractivity contribution in [2.75, 3.05) is 19.6 Å². The van der Waals surface area contributed by atoms with Crippen LogP contribution < -0.4 is 5.32 Å². The molecule has 1 saturated heterocycles. The zero-order valence-corrected chi connectivity index (χ0v) is 13.3. The summed E-state index contributed by atoms with van der Waals surface area (Å²) in [7, 11) is 0. The first kappa shape index (κ1) is 15.3. The summed E-state index contributed by atoms with van der Waals surface area (Å²) >= 11 is 0. The zero-order valence-electron chi connectivity index (χ0n) is 13.3. The van der Waals surface area contributed by atoms with Crippen molar-refractivity contribution in [3.8, 4) is 0 Å². The van der Waals surface area contributed by atoms with Crippen LogP contribution in [0.1, 0.15) is 65.7 Å². The van der Waals surface area contributed by atoms with Crippen molar-refractivity contribution >= 4 is 0 Å². The molecule has 2 rings (SSSR count). The van der Waals surface area contributed by atoms with Crippen molar-refractivity contribution < 1.29 is 0 Å². The molecule has 112 valence electrons. The van der Waals surface area contributed by atoms with Crippen LogP contribution in [0.4, 0.5) is 0 Å². The molecule has 2 fully saturated rings. The second-order valence-electron chi connectivity index (χ2n) is 6.89. The lowest BCUT2D eigenvalue weighted by Crippen LogP contribution is -2.46. The molecule has 19 heavy (non-hydrogen) atoms. The Hall–Kier alpha value is -0.0800. The normalized spacial score (nSPS) is 36.8. The molecular weight excluding hydrogens is 232 g/mol.